The number of hydrogen-bond donors (Lipinski definition) is 1. The van der Waals surface area contributed by atoms with Gasteiger partial charge in [-0.15, -0.1) is 0 Å². The third-order valence-corrected chi connectivity index (χ3v) is 4.28. The summed E-state index contributed by atoms with van der Waals surface area (Å²) in [6.45, 7) is 8.64. The van der Waals surface area contributed by atoms with E-state index in [0.29, 0.717) is 5.69 Å². The molecule has 5 heteroatoms. The Morgan fingerprint density at radius 3 is 2.41 bits per heavy atom. The van der Waals surface area contributed by atoms with Crippen LogP contribution in [0.3, 0.4) is 0 Å². The summed E-state index contributed by atoms with van der Waals surface area (Å²) in [5, 5.41) is 14.1. The van der Waals surface area contributed by atoms with Crippen LogP contribution in [0.15, 0.2) is 18.3 Å². The van der Waals surface area contributed by atoms with Crippen molar-refractivity contribution in [1.29, 1.82) is 0 Å². The van der Waals surface area contributed by atoms with Crippen molar-refractivity contribution in [2.24, 2.45) is 10.8 Å². The normalized spacial score (nSPS) is 20.9. The zero-order valence-corrected chi connectivity index (χ0v) is 10.5. The number of hydrogen-bond acceptors (Lipinski definition) is 4. The number of aromatic nitrogens is 1. The van der Waals surface area contributed by atoms with Crippen molar-refractivity contribution in [2.45, 2.75) is 33.7 Å². The Bertz CT molecular complexity index is 455. The van der Waals surface area contributed by atoms with Gasteiger partial charge in [-0.05, 0) is 32.9 Å². The number of anilines is 1. The van der Waals surface area contributed by atoms with Gasteiger partial charge in [-0.2, -0.15) is 0 Å². The minimum atomic E-state index is -0.454. The molecule has 0 saturated heterocycles. The number of nitrogens with zero attached hydrogens (tertiary/aromatic N) is 2. The Morgan fingerprint density at radius 2 is 1.94 bits per heavy atom. The topological polar surface area (TPSA) is 68.1 Å². The second-order valence-corrected chi connectivity index (χ2v) is 5.65. The lowest BCUT2D eigenvalue weighted by Crippen LogP contribution is -2.12. The van der Waals surface area contributed by atoms with E-state index in [2.05, 4.69) is 38.0 Å². The third kappa shape index (κ3) is 1.66. The molecule has 0 bridgehead atoms. The molecule has 0 atom stereocenters. The molecule has 17 heavy (non-hydrogen) atoms. The molecule has 1 fully saturated rings. The zero-order chi connectivity index (χ0) is 12.8. The van der Waals surface area contributed by atoms with Gasteiger partial charge in [0, 0.05) is 6.04 Å². The Balaban J connectivity index is 2.25. The van der Waals surface area contributed by atoms with Crippen LogP contribution >= 0.6 is 0 Å². The number of nitrogens with one attached hydrogen (secondary N) is 1. The summed E-state index contributed by atoms with van der Waals surface area (Å²) in [6.07, 6.45) is 1.44. The maximum atomic E-state index is 10.8. The van der Waals surface area contributed by atoms with Crippen molar-refractivity contribution in [3.63, 3.8) is 0 Å². The highest BCUT2D eigenvalue weighted by atomic mass is 16.6. The van der Waals surface area contributed by atoms with Crippen LogP contribution in [0, 0.1) is 20.9 Å². The maximum Gasteiger partial charge on any atom is 0.386 e. The minimum absolute atomic E-state index is 0.106. The smallest absolute Gasteiger partial charge is 0.374 e. The molecule has 1 saturated carbocycles. The summed E-state index contributed by atoms with van der Waals surface area (Å²) in [5.41, 5.74) is 0.772. The number of nitro groups is 1. The molecule has 0 amide bonds. The number of pyridine rings is 1. The van der Waals surface area contributed by atoms with E-state index < -0.39 is 4.92 Å². The first kappa shape index (κ1) is 11.8. The van der Waals surface area contributed by atoms with Crippen molar-refractivity contribution in [2.75, 3.05) is 5.32 Å². The van der Waals surface area contributed by atoms with E-state index in [-0.39, 0.29) is 22.7 Å². The molecule has 0 aliphatic heterocycles. The number of rotatable bonds is 3. The highest BCUT2D eigenvalue weighted by Gasteiger charge is 2.65. The van der Waals surface area contributed by atoms with Crippen LogP contribution in [0.5, 0.6) is 0 Å². The van der Waals surface area contributed by atoms with Crippen molar-refractivity contribution >= 4 is 11.5 Å². The fraction of sp³-hybridized carbons (Fsp3) is 0.583. The van der Waals surface area contributed by atoms with Gasteiger partial charge >= 0.3 is 5.82 Å². The molecular formula is C12H17N3O2. The Kier molecular flexibility index (Phi) is 2.38. The second-order valence-electron chi connectivity index (χ2n) is 5.65. The molecule has 1 aromatic rings. The molecule has 0 aromatic carbocycles. The largest absolute Gasteiger partial charge is 0.386 e. The van der Waals surface area contributed by atoms with Gasteiger partial charge in [0.25, 0.3) is 0 Å². The first-order valence-corrected chi connectivity index (χ1v) is 5.64. The molecule has 92 valence electrons. The van der Waals surface area contributed by atoms with Crippen LogP contribution in [0.2, 0.25) is 0 Å². The van der Waals surface area contributed by atoms with E-state index in [1.54, 1.807) is 12.1 Å². The molecule has 2 rings (SSSR count). The average molecular weight is 235 g/mol. The zero-order valence-electron chi connectivity index (χ0n) is 10.5. The lowest BCUT2D eigenvalue weighted by molar-refractivity contribution is -0.388. The predicted molar refractivity (Wildman–Crippen MR) is 65.9 cm³/mol. The lowest BCUT2D eigenvalue weighted by atomic mass is 10.0. The van der Waals surface area contributed by atoms with Crippen LogP contribution in [0.25, 0.3) is 0 Å². The summed E-state index contributed by atoms with van der Waals surface area (Å²) in [6, 6.07) is 3.64. The van der Waals surface area contributed by atoms with Crippen molar-refractivity contribution in [3.05, 3.63) is 28.4 Å². The Labute approximate surface area is 100 Å². The van der Waals surface area contributed by atoms with E-state index in [0.717, 1.165) is 0 Å². The van der Waals surface area contributed by atoms with Crippen LogP contribution in [0.1, 0.15) is 27.7 Å². The van der Waals surface area contributed by atoms with E-state index in [9.17, 15) is 10.1 Å². The van der Waals surface area contributed by atoms with Gasteiger partial charge in [-0.1, -0.05) is 27.7 Å². The van der Waals surface area contributed by atoms with Crippen molar-refractivity contribution in [1.82, 2.24) is 4.98 Å². The molecule has 0 spiro atoms. The van der Waals surface area contributed by atoms with Gasteiger partial charge < -0.3 is 15.4 Å². The van der Waals surface area contributed by atoms with Gasteiger partial charge in [0.05, 0.1) is 0 Å². The van der Waals surface area contributed by atoms with Gasteiger partial charge in [0.2, 0.25) is 0 Å². The minimum Gasteiger partial charge on any atom is -0.374 e. The lowest BCUT2D eigenvalue weighted by Gasteiger charge is -2.07. The van der Waals surface area contributed by atoms with Crippen molar-refractivity contribution < 1.29 is 4.92 Å². The maximum absolute atomic E-state index is 10.8. The standard InChI is InChI=1S/C12H17N3O2/c1-11(2)10(12(11,3)4)14-8-6-5-7-13-9(8)15(16)17/h5-7,10,14H,1-4H3. The van der Waals surface area contributed by atoms with Crippen LogP contribution in [0.4, 0.5) is 11.5 Å². The van der Waals surface area contributed by atoms with E-state index in [1.807, 2.05) is 0 Å². The second kappa shape index (κ2) is 3.42. The van der Waals surface area contributed by atoms with Gasteiger partial charge in [0.15, 0.2) is 0 Å². The van der Waals surface area contributed by atoms with Crippen molar-refractivity contribution in [3.8, 4) is 0 Å². The highest BCUT2D eigenvalue weighted by molar-refractivity contribution is 5.59. The SMILES string of the molecule is CC1(C)C(Nc2cccnc2[N+](=O)[O-])C1(C)C. The van der Waals surface area contributed by atoms with Gasteiger partial charge in [-0.3, -0.25) is 0 Å². The summed E-state index contributed by atoms with van der Waals surface area (Å²) < 4.78 is 0. The summed E-state index contributed by atoms with van der Waals surface area (Å²) in [5.74, 6) is -0.106. The quantitative estimate of drug-likeness (QED) is 0.646. The molecular weight excluding hydrogens is 218 g/mol. The summed E-state index contributed by atoms with van der Waals surface area (Å²) >= 11 is 0. The fourth-order valence-electron chi connectivity index (χ4n) is 2.37. The monoisotopic (exact) mass is 235 g/mol. The molecule has 1 aliphatic carbocycles. The average Bonchev–Trinajstić information content (AvgIpc) is 2.61. The summed E-state index contributed by atoms with van der Waals surface area (Å²) in [7, 11) is 0. The fourth-order valence-corrected chi connectivity index (χ4v) is 2.37. The van der Waals surface area contributed by atoms with Gasteiger partial charge in [-0.25, -0.2) is 0 Å². The van der Waals surface area contributed by atoms with Crippen LogP contribution in [-0.2, 0) is 0 Å². The first-order valence-electron chi connectivity index (χ1n) is 5.64. The van der Waals surface area contributed by atoms with E-state index in [4.69, 9.17) is 0 Å². The molecule has 0 unspecified atom stereocenters. The van der Waals surface area contributed by atoms with Crippen LogP contribution < -0.4 is 5.32 Å². The molecule has 1 aliphatic rings. The first-order chi connectivity index (χ1) is 7.78. The highest BCUT2D eigenvalue weighted by Crippen LogP contribution is 2.63. The van der Waals surface area contributed by atoms with Crippen LogP contribution in [-0.4, -0.2) is 15.9 Å². The van der Waals surface area contributed by atoms with Gasteiger partial charge in [0.1, 0.15) is 11.9 Å². The molecule has 0 radical (unpaired) electrons. The molecule has 1 aromatic heterocycles. The van der Waals surface area contributed by atoms with E-state index >= 15 is 0 Å². The predicted octanol–water partition coefficient (Wildman–Crippen LogP) is 2.84. The molecule has 1 N–H and O–H groups in total. The summed E-state index contributed by atoms with van der Waals surface area (Å²) in [4.78, 5) is 14.2. The molecule has 5 nitrogen and oxygen atoms in total. The Hall–Kier alpha value is -1.65. The Morgan fingerprint density at radius 1 is 1.35 bits per heavy atom. The third-order valence-electron chi connectivity index (χ3n) is 4.28. The van der Waals surface area contributed by atoms with E-state index in [1.165, 1.54) is 6.20 Å². The molecule has 1 heterocycles.